The molecule has 26 heavy (non-hydrogen) atoms. The van der Waals surface area contributed by atoms with Crippen molar-refractivity contribution in [3.05, 3.63) is 17.6 Å². The molecule has 1 aliphatic rings. The Bertz CT molecular complexity index is 754. The number of aryl methyl sites for hydroxylation is 1. The van der Waals surface area contributed by atoms with Gasteiger partial charge in [0.2, 0.25) is 17.8 Å². The van der Waals surface area contributed by atoms with E-state index in [1.54, 1.807) is 6.07 Å². The first-order valence-corrected chi connectivity index (χ1v) is 8.70. The summed E-state index contributed by atoms with van der Waals surface area (Å²) in [4.78, 5) is 26.8. The maximum absolute atomic E-state index is 11.8. The molecular formula is C16H25N9O. The number of hydrogen-bond donors (Lipinski definition) is 4. The standard InChI is InChI=1S/C16H25N9O/c1-10-18-15(17-6-7-25(2)3)22-16(19-10)21-13-8-12(23-24-13)9-14(26)20-11-4-5-11/h8,11H,4-7,9H2,1-3H3,(H,20,26)(H3,17,18,19,21,22,23,24). The number of aromatic nitrogens is 5. The minimum absolute atomic E-state index is 0.00563. The lowest BCUT2D eigenvalue weighted by molar-refractivity contribution is -0.120. The Labute approximate surface area is 152 Å². The quantitative estimate of drug-likeness (QED) is 0.508. The second-order valence-corrected chi connectivity index (χ2v) is 6.68. The van der Waals surface area contributed by atoms with E-state index in [0.29, 0.717) is 29.6 Å². The van der Waals surface area contributed by atoms with Crippen molar-refractivity contribution < 1.29 is 4.79 Å². The Morgan fingerprint density at radius 2 is 2.04 bits per heavy atom. The zero-order valence-corrected chi connectivity index (χ0v) is 15.3. The number of nitrogens with zero attached hydrogens (tertiary/aromatic N) is 5. The van der Waals surface area contributed by atoms with Gasteiger partial charge < -0.3 is 20.9 Å². The normalized spacial score (nSPS) is 13.7. The largest absolute Gasteiger partial charge is 0.353 e. The van der Waals surface area contributed by atoms with Crippen LogP contribution in [-0.4, -0.2) is 69.2 Å². The first-order chi connectivity index (χ1) is 12.5. The van der Waals surface area contributed by atoms with Crippen molar-refractivity contribution in [1.82, 2.24) is 35.4 Å². The van der Waals surface area contributed by atoms with Crippen molar-refractivity contribution in [1.29, 1.82) is 0 Å². The molecule has 140 valence electrons. The van der Waals surface area contributed by atoms with Crippen LogP contribution in [0, 0.1) is 6.92 Å². The third kappa shape index (κ3) is 5.66. The number of amides is 1. The molecule has 3 rings (SSSR count). The van der Waals surface area contributed by atoms with Gasteiger partial charge >= 0.3 is 0 Å². The fraction of sp³-hybridized carbons (Fsp3) is 0.562. The third-order valence-corrected chi connectivity index (χ3v) is 3.75. The number of hydrogen-bond acceptors (Lipinski definition) is 8. The molecule has 4 N–H and O–H groups in total. The smallest absolute Gasteiger partial charge is 0.233 e. The highest BCUT2D eigenvalue weighted by atomic mass is 16.1. The van der Waals surface area contributed by atoms with Crippen LogP contribution in [-0.2, 0) is 11.2 Å². The molecule has 10 nitrogen and oxygen atoms in total. The van der Waals surface area contributed by atoms with Crippen molar-refractivity contribution >= 4 is 23.6 Å². The van der Waals surface area contributed by atoms with Gasteiger partial charge in [0.05, 0.1) is 6.42 Å². The fourth-order valence-corrected chi connectivity index (χ4v) is 2.32. The molecular weight excluding hydrogens is 334 g/mol. The maximum atomic E-state index is 11.8. The summed E-state index contributed by atoms with van der Waals surface area (Å²) in [6, 6.07) is 2.14. The molecule has 0 aliphatic heterocycles. The van der Waals surface area contributed by atoms with E-state index in [2.05, 4.69) is 46.0 Å². The Hall–Kier alpha value is -2.75. The maximum Gasteiger partial charge on any atom is 0.233 e. The SMILES string of the molecule is Cc1nc(NCCN(C)C)nc(Nc2cc(CC(=O)NC3CC3)[nH]n2)n1. The monoisotopic (exact) mass is 359 g/mol. The topological polar surface area (TPSA) is 124 Å². The molecule has 1 saturated carbocycles. The van der Waals surface area contributed by atoms with E-state index in [1.807, 2.05) is 21.0 Å². The van der Waals surface area contributed by atoms with Crippen LogP contribution in [0.25, 0.3) is 0 Å². The van der Waals surface area contributed by atoms with Crippen molar-refractivity contribution in [2.24, 2.45) is 0 Å². The summed E-state index contributed by atoms with van der Waals surface area (Å²) < 4.78 is 0. The van der Waals surface area contributed by atoms with Crippen LogP contribution in [0.5, 0.6) is 0 Å². The summed E-state index contributed by atoms with van der Waals surface area (Å²) in [5, 5.41) is 16.2. The number of likely N-dealkylation sites (N-methyl/N-ethyl adjacent to an activating group) is 1. The molecule has 0 bridgehead atoms. The molecule has 1 fully saturated rings. The van der Waals surface area contributed by atoms with Gasteiger partial charge in [-0.05, 0) is 33.9 Å². The molecule has 2 aromatic rings. The number of anilines is 3. The number of nitrogens with one attached hydrogen (secondary N) is 4. The molecule has 0 radical (unpaired) electrons. The summed E-state index contributed by atoms with van der Waals surface area (Å²) >= 11 is 0. The molecule has 2 aromatic heterocycles. The van der Waals surface area contributed by atoms with E-state index in [9.17, 15) is 4.79 Å². The fourth-order valence-electron chi connectivity index (χ4n) is 2.32. The van der Waals surface area contributed by atoms with Gasteiger partial charge in [-0.15, -0.1) is 0 Å². The van der Waals surface area contributed by atoms with E-state index < -0.39 is 0 Å². The second-order valence-electron chi connectivity index (χ2n) is 6.68. The number of H-pyrrole nitrogens is 1. The van der Waals surface area contributed by atoms with E-state index >= 15 is 0 Å². The first kappa shape index (κ1) is 18.1. The molecule has 0 spiro atoms. The van der Waals surface area contributed by atoms with Crippen LogP contribution in [0.2, 0.25) is 0 Å². The van der Waals surface area contributed by atoms with E-state index in [4.69, 9.17) is 0 Å². The number of carbonyl (C=O) groups excluding carboxylic acids is 1. The molecule has 0 atom stereocenters. The second kappa shape index (κ2) is 8.09. The average molecular weight is 359 g/mol. The Morgan fingerprint density at radius 1 is 1.27 bits per heavy atom. The molecule has 1 amide bonds. The summed E-state index contributed by atoms with van der Waals surface area (Å²) in [5.41, 5.74) is 0.737. The van der Waals surface area contributed by atoms with Gasteiger partial charge in [-0.2, -0.15) is 20.1 Å². The lowest BCUT2D eigenvalue weighted by Crippen LogP contribution is -2.27. The summed E-state index contributed by atoms with van der Waals surface area (Å²) in [6.07, 6.45) is 2.43. The zero-order chi connectivity index (χ0) is 18.5. The highest BCUT2D eigenvalue weighted by Crippen LogP contribution is 2.19. The summed E-state index contributed by atoms with van der Waals surface area (Å²) in [6.45, 7) is 3.42. The predicted molar refractivity (Wildman–Crippen MR) is 98.3 cm³/mol. The van der Waals surface area contributed by atoms with Crippen LogP contribution in [0.4, 0.5) is 17.7 Å². The Morgan fingerprint density at radius 3 is 2.77 bits per heavy atom. The van der Waals surface area contributed by atoms with Gasteiger partial charge in [-0.3, -0.25) is 9.89 Å². The van der Waals surface area contributed by atoms with Crippen molar-refractivity contribution in [2.75, 3.05) is 37.8 Å². The highest BCUT2D eigenvalue weighted by Gasteiger charge is 2.23. The molecule has 2 heterocycles. The number of carbonyl (C=O) groups is 1. The first-order valence-electron chi connectivity index (χ1n) is 8.70. The molecule has 0 unspecified atom stereocenters. The van der Waals surface area contributed by atoms with Crippen LogP contribution in [0.15, 0.2) is 6.07 Å². The minimum Gasteiger partial charge on any atom is -0.353 e. The van der Waals surface area contributed by atoms with Gasteiger partial charge in [-0.1, -0.05) is 0 Å². The van der Waals surface area contributed by atoms with Crippen molar-refractivity contribution in [3.8, 4) is 0 Å². The van der Waals surface area contributed by atoms with Crippen LogP contribution in [0.3, 0.4) is 0 Å². The third-order valence-electron chi connectivity index (χ3n) is 3.75. The van der Waals surface area contributed by atoms with Gasteiger partial charge in [0.1, 0.15) is 5.82 Å². The summed E-state index contributed by atoms with van der Waals surface area (Å²) in [5.74, 6) is 2.09. The zero-order valence-electron chi connectivity index (χ0n) is 15.3. The Balaban J connectivity index is 1.57. The van der Waals surface area contributed by atoms with Crippen LogP contribution >= 0.6 is 0 Å². The molecule has 1 aliphatic carbocycles. The van der Waals surface area contributed by atoms with Gasteiger partial charge in [0.25, 0.3) is 0 Å². The average Bonchev–Trinajstić information content (AvgIpc) is 3.25. The lowest BCUT2D eigenvalue weighted by atomic mass is 10.3. The van der Waals surface area contributed by atoms with Gasteiger partial charge in [-0.25, -0.2) is 0 Å². The number of rotatable bonds is 9. The van der Waals surface area contributed by atoms with Crippen LogP contribution < -0.4 is 16.0 Å². The number of aromatic amines is 1. The van der Waals surface area contributed by atoms with E-state index in [0.717, 1.165) is 31.6 Å². The van der Waals surface area contributed by atoms with E-state index in [-0.39, 0.29) is 12.3 Å². The highest BCUT2D eigenvalue weighted by molar-refractivity contribution is 5.79. The van der Waals surface area contributed by atoms with Gasteiger partial charge in [0.15, 0.2) is 5.82 Å². The van der Waals surface area contributed by atoms with Crippen molar-refractivity contribution in [3.63, 3.8) is 0 Å². The molecule has 0 aromatic carbocycles. The van der Waals surface area contributed by atoms with Crippen molar-refractivity contribution in [2.45, 2.75) is 32.2 Å². The summed E-state index contributed by atoms with van der Waals surface area (Å²) in [7, 11) is 4.01. The molecule has 0 saturated heterocycles. The van der Waals surface area contributed by atoms with Crippen LogP contribution in [0.1, 0.15) is 24.4 Å². The Kier molecular flexibility index (Phi) is 5.61. The molecule has 10 heteroatoms. The van der Waals surface area contributed by atoms with Gasteiger partial charge in [0, 0.05) is 30.9 Å². The minimum atomic E-state index is 0.00563. The predicted octanol–water partition coefficient (Wildman–Crippen LogP) is 0.441. The lowest BCUT2D eigenvalue weighted by Gasteiger charge is -2.11. The van der Waals surface area contributed by atoms with E-state index in [1.165, 1.54) is 0 Å².